The zero-order chi connectivity index (χ0) is 65.8. The molecule has 33 heteroatoms. The Kier molecular flexibility index (Phi) is 23.6. The number of carbonyl (C=O) groups excluding carboxylic acids is 1. The Morgan fingerprint density at radius 3 is 1.20 bits per heavy atom. The minimum absolute atomic E-state index is 0.162. The Morgan fingerprint density at radius 1 is 0.467 bits per heavy atom. The molecule has 6 heterocycles. The predicted molar refractivity (Wildman–Crippen MR) is 291 cm³/mol. The second-order valence-electron chi connectivity index (χ2n) is 26.0. The largest absolute Gasteiger partial charge is 0.432 e. The molecule has 520 valence electrons. The molecule has 0 radical (unpaired) electrons. The van der Waals surface area contributed by atoms with Crippen molar-refractivity contribution < 1.29 is 164 Å². The Bertz CT molecular complexity index is 2360. The highest BCUT2D eigenvalue weighted by molar-refractivity contribution is 5.77. The summed E-state index contributed by atoms with van der Waals surface area (Å²) in [6.07, 6.45) is -50.4. The molecule has 9 rings (SSSR count). The van der Waals surface area contributed by atoms with Gasteiger partial charge in [-0.1, -0.05) is 32.8 Å². The molecule has 0 aromatic rings. The fraction of sp³-hybridized carbons (Fsp3) is 0.947. The van der Waals surface area contributed by atoms with Crippen molar-refractivity contribution in [3.63, 3.8) is 0 Å². The minimum atomic E-state index is -2.08. The van der Waals surface area contributed by atoms with E-state index in [0.29, 0.717) is 38.5 Å². The van der Waals surface area contributed by atoms with E-state index in [1.165, 1.54) is 0 Å². The quantitative estimate of drug-likeness (QED) is 0.0398. The summed E-state index contributed by atoms with van der Waals surface area (Å²) >= 11 is 0. The smallest absolute Gasteiger partial charge is 0.314 e. The molecule has 32 unspecified atom stereocenters. The van der Waals surface area contributed by atoms with Crippen molar-refractivity contribution in [2.75, 3.05) is 39.6 Å². The van der Waals surface area contributed by atoms with E-state index in [4.69, 9.17) is 56.8 Å². The SMILES string of the molecule is C/C=C1/C[C@@H]2CC1(OC1OC(CO)C(O)C(OC3OC(CO)C(O)C(O)C3O)C1OC1OC(CO)C(O)C(O)C1O)CC[C@H]2[C@]1(C)CCC[C@@](C)(C(=O)OC2OC(CO)C(O)C(OC3OC(CO)C(O)C(O)C3O)C2OC2OC(CO)C(O)C(O)C2O)C1CC. The first kappa shape index (κ1) is 72.2. The lowest BCUT2D eigenvalue weighted by atomic mass is 9.48. The zero-order valence-electron chi connectivity index (χ0n) is 50.3. The summed E-state index contributed by atoms with van der Waals surface area (Å²) in [5.74, 6) is -1.70. The Hall–Kier alpha value is -2.03. The van der Waals surface area contributed by atoms with Crippen LogP contribution in [0.15, 0.2) is 11.6 Å². The van der Waals surface area contributed by atoms with Crippen molar-refractivity contribution in [1.29, 1.82) is 0 Å². The lowest BCUT2D eigenvalue weighted by Crippen LogP contribution is -2.68. The van der Waals surface area contributed by atoms with Crippen LogP contribution in [-0.2, 0) is 61.6 Å². The number of ether oxygens (including phenoxy) is 12. The second-order valence-corrected chi connectivity index (χ2v) is 26.0. The molecule has 0 amide bonds. The van der Waals surface area contributed by atoms with Crippen LogP contribution in [0.25, 0.3) is 0 Å². The lowest BCUT2D eigenvalue weighted by molar-refractivity contribution is -0.399. The third kappa shape index (κ3) is 13.3. The number of carbonyl (C=O) groups is 1. The van der Waals surface area contributed by atoms with Crippen molar-refractivity contribution in [3.8, 4) is 0 Å². The van der Waals surface area contributed by atoms with Crippen LogP contribution in [0.5, 0.6) is 0 Å². The van der Waals surface area contributed by atoms with E-state index in [0.717, 1.165) is 5.57 Å². The topological polar surface area (TPSA) is 532 Å². The average Bonchev–Trinajstić information content (AvgIpc) is 1.40. The van der Waals surface area contributed by atoms with Gasteiger partial charge in [-0.3, -0.25) is 4.79 Å². The van der Waals surface area contributed by atoms with E-state index in [1.807, 2.05) is 13.0 Å². The van der Waals surface area contributed by atoms with E-state index in [9.17, 15) is 102 Å². The van der Waals surface area contributed by atoms with Crippen molar-refractivity contribution in [1.82, 2.24) is 0 Å². The number of hydrogen-bond acceptors (Lipinski definition) is 33. The van der Waals surface area contributed by atoms with Crippen LogP contribution in [0.1, 0.15) is 79.1 Å². The summed E-state index contributed by atoms with van der Waals surface area (Å²) in [5.41, 5.74) is -2.46. The van der Waals surface area contributed by atoms with E-state index in [2.05, 4.69) is 6.92 Å². The van der Waals surface area contributed by atoms with Crippen LogP contribution in [0, 0.1) is 28.6 Å². The van der Waals surface area contributed by atoms with Crippen LogP contribution >= 0.6 is 0 Å². The fourth-order valence-electron chi connectivity index (χ4n) is 15.9. The molecular formula is C57H94O33. The highest BCUT2D eigenvalue weighted by Crippen LogP contribution is 2.65. The van der Waals surface area contributed by atoms with Crippen LogP contribution in [-0.4, -0.2) is 338 Å². The number of aliphatic hydroxyl groups excluding tert-OH is 20. The van der Waals surface area contributed by atoms with Gasteiger partial charge in [-0.15, -0.1) is 0 Å². The van der Waals surface area contributed by atoms with Crippen LogP contribution in [0.2, 0.25) is 0 Å². The Balaban J connectivity index is 0.996. The third-order valence-electron chi connectivity index (χ3n) is 20.9. The second kappa shape index (κ2) is 29.4. The number of hydrogen-bond donors (Lipinski definition) is 20. The highest BCUT2D eigenvalue weighted by atomic mass is 16.8. The van der Waals surface area contributed by atoms with Gasteiger partial charge in [0.1, 0.15) is 140 Å². The summed E-state index contributed by atoms with van der Waals surface area (Å²) in [6, 6.07) is 0. The van der Waals surface area contributed by atoms with Gasteiger partial charge < -0.3 is 159 Å². The first-order valence-electron chi connectivity index (χ1n) is 30.9. The van der Waals surface area contributed by atoms with Gasteiger partial charge in [0.05, 0.1) is 50.7 Å². The van der Waals surface area contributed by atoms with Crippen LogP contribution in [0.4, 0.5) is 0 Å². The van der Waals surface area contributed by atoms with Crippen molar-refractivity contribution in [2.24, 2.45) is 28.6 Å². The molecule has 0 aromatic carbocycles. The zero-order valence-corrected chi connectivity index (χ0v) is 50.3. The predicted octanol–water partition coefficient (Wildman–Crippen LogP) is -8.83. The van der Waals surface area contributed by atoms with E-state index in [-0.39, 0.29) is 24.7 Å². The minimum Gasteiger partial charge on any atom is -0.432 e. The average molecular weight is 1310 g/mol. The molecule has 0 aromatic heterocycles. The van der Waals surface area contributed by atoms with Gasteiger partial charge >= 0.3 is 5.97 Å². The molecule has 6 saturated heterocycles. The highest BCUT2D eigenvalue weighted by Gasteiger charge is 2.65. The number of rotatable bonds is 20. The molecule has 2 bridgehead atoms. The fourth-order valence-corrected chi connectivity index (χ4v) is 15.9. The molecule has 9 fully saturated rings. The molecular weight excluding hydrogens is 1210 g/mol. The number of fused-ring (bicyclic) bond motifs is 2. The van der Waals surface area contributed by atoms with Crippen LogP contribution < -0.4 is 0 Å². The van der Waals surface area contributed by atoms with Gasteiger partial charge in [0.15, 0.2) is 37.6 Å². The van der Waals surface area contributed by atoms with Gasteiger partial charge in [-0.2, -0.15) is 0 Å². The van der Waals surface area contributed by atoms with Gasteiger partial charge in [0, 0.05) is 0 Å². The third-order valence-corrected chi connectivity index (χ3v) is 20.9. The van der Waals surface area contributed by atoms with Crippen LogP contribution in [0.3, 0.4) is 0 Å². The van der Waals surface area contributed by atoms with E-state index in [1.54, 1.807) is 13.8 Å². The molecule has 20 N–H and O–H groups in total. The summed E-state index contributed by atoms with van der Waals surface area (Å²) in [6.45, 7) is 2.22. The monoisotopic (exact) mass is 1310 g/mol. The lowest BCUT2D eigenvalue weighted by Gasteiger charge is -2.57. The Morgan fingerprint density at radius 2 is 0.822 bits per heavy atom. The maximum atomic E-state index is 15.4. The maximum absolute atomic E-state index is 15.4. The first-order chi connectivity index (χ1) is 42.7. The number of aliphatic hydroxyl groups is 20. The molecule has 36 atom stereocenters. The molecule has 0 spiro atoms. The number of esters is 1. The molecule has 3 saturated carbocycles. The first-order valence-corrected chi connectivity index (χ1v) is 30.9. The standard InChI is InChI=1S/C57H94O33/c1-5-21-12-20-13-57(21,90-53-47(88-51-43(77)39(73)33(67)26(17-61)82-51)45(35(69)28(19-63)84-53)86-49-41(75)37(71)31(65)24(15-59)80-49)11-8-22(20)55(3)9-7-10-56(4,29(55)6-2)54(78)89-52-46(87-50-42(76)38(72)32(66)25(16-60)81-50)44(34(68)27(18-62)83-52)85-48-40(74)36(70)30(64)23(14-58)79-48/h5,20,22-53,58-77H,6-19H2,1-4H3/b21-5-/t20-,22-,23?,24?,25?,26?,27?,28?,29?,30?,31?,32?,33?,34?,35?,36?,37?,38?,39?,40?,41?,42?,43?,44?,45?,46?,47?,48?,49?,50?,51?,52?,53?,55+,56-,57?/m1/s1. The molecule has 33 nitrogen and oxygen atoms in total. The molecule has 3 aliphatic carbocycles. The van der Waals surface area contributed by atoms with Crippen molar-refractivity contribution in [2.45, 2.75) is 269 Å². The van der Waals surface area contributed by atoms with E-state index >= 15 is 4.79 Å². The van der Waals surface area contributed by atoms with E-state index < -0.39 is 252 Å². The Labute approximate surface area is 517 Å². The summed E-state index contributed by atoms with van der Waals surface area (Å²) in [7, 11) is 0. The summed E-state index contributed by atoms with van der Waals surface area (Å²) < 4.78 is 73.0. The maximum Gasteiger partial charge on any atom is 0.314 e. The summed E-state index contributed by atoms with van der Waals surface area (Å²) in [5, 5.41) is 215. The summed E-state index contributed by atoms with van der Waals surface area (Å²) in [4.78, 5) is 15.4. The van der Waals surface area contributed by atoms with Crippen molar-refractivity contribution >= 4 is 5.97 Å². The van der Waals surface area contributed by atoms with Gasteiger partial charge in [0.25, 0.3) is 0 Å². The van der Waals surface area contributed by atoms with Gasteiger partial charge in [-0.25, -0.2) is 0 Å². The normalized spacial score (nSPS) is 53.2. The van der Waals surface area contributed by atoms with Gasteiger partial charge in [-0.05, 0) is 81.1 Å². The number of allylic oxidation sites excluding steroid dienone is 1. The molecule has 6 aliphatic heterocycles. The molecule has 90 heavy (non-hydrogen) atoms. The van der Waals surface area contributed by atoms with Crippen molar-refractivity contribution in [3.05, 3.63) is 11.6 Å². The van der Waals surface area contributed by atoms with Gasteiger partial charge in [0.2, 0.25) is 6.29 Å². The molecule has 9 aliphatic rings.